The van der Waals surface area contributed by atoms with Crippen molar-refractivity contribution in [1.82, 2.24) is 10.3 Å². The van der Waals surface area contributed by atoms with E-state index in [9.17, 15) is 0 Å². The molecule has 0 unspecified atom stereocenters. The summed E-state index contributed by atoms with van der Waals surface area (Å²) in [5, 5.41) is 9.20. The maximum absolute atomic E-state index is 5.58. The fourth-order valence-corrected chi connectivity index (χ4v) is 6.78. The summed E-state index contributed by atoms with van der Waals surface area (Å²) in [6.45, 7) is 2.22. The Hall–Kier alpha value is -2.37. The number of allylic oxidation sites excluding steroid dienone is 2. The Bertz CT molecular complexity index is 1170. The molecule has 2 saturated carbocycles. The van der Waals surface area contributed by atoms with E-state index >= 15 is 0 Å². The third-order valence-electron chi connectivity index (χ3n) is 7.75. The number of hydrogen-bond acceptors (Lipinski definition) is 5. The molecule has 2 bridgehead atoms. The number of nitrogens with one attached hydrogen (secondary N) is 1. The van der Waals surface area contributed by atoms with Crippen LogP contribution < -0.4 is 14.8 Å². The molecule has 3 aromatic rings. The first-order valence-electron chi connectivity index (χ1n) is 11.0. The summed E-state index contributed by atoms with van der Waals surface area (Å²) in [5.41, 5.74) is 5.14. The van der Waals surface area contributed by atoms with Crippen LogP contribution in [0, 0.1) is 23.2 Å². The Balaban J connectivity index is 1.18. The zero-order valence-corrected chi connectivity index (χ0v) is 17.6. The van der Waals surface area contributed by atoms with Crippen LogP contribution >= 0.6 is 11.3 Å². The quantitative estimate of drug-likeness (QED) is 0.567. The van der Waals surface area contributed by atoms with Crippen molar-refractivity contribution in [3.8, 4) is 22.8 Å². The number of aromatic nitrogens is 1. The zero-order chi connectivity index (χ0) is 19.7. The topological polar surface area (TPSA) is 43.4 Å². The maximum atomic E-state index is 5.58. The van der Waals surface area contributed by atoms with Gasteiger partial charge in [-0.3, -0.25) is 0 Å². The Morgan fingerprint density at radius 2 is 2.03 bits per heavy atom. The molecule has 5 heteroatoms. The lowest BCUT2D eigenvalue weighted by atomic mass is 9.89. The van der Waals surface area contributed by atoms with Gasteiger partial charge in [0.25, 0.3) is 0 Å². The van der Waals surface area contributed by atoms with Gasteiger partial charge in [-0.2, -0.15) is 11.3 Å². The van der Waals surface area contributed by atoms with Gasteiger partial charge in [-0.15, -0.1) is 0 Å². The van der Waals surface area contributed by atoms with Crippen molar-refractivity contribution in [2.45, 2.75) is 25.8 Å². The van der Waals surface area contributed by atoms with Crippen molar-refractivity contribution >= 4 is 22.2 Å². The lowest BCUT2D eigenvalue weighted by Crippen LogP contribution is -2.26. The van der Waals surface area contributed by atoms with Gasteiger partial charge in [0, 0.05) is 28.9 Å². The van der Waals surface area contributed by atoms with Crippen molar-refractivity contribution in [3.63, 3.8) is 0 Å². The monoisotopic (exact) mass is 416 g/mol. The molecule has 3 atom stereocenters. The van der Waals surface area contributed by atoms with Crippen molar-refractivity contribution in [3.05, 3.63) is 52.7 Å². The number of nitrogens with zero attached hydrogens (tertiary/aromatic N) is 1. The summed E-state index contributed by atoms with van der Waals surface area (Å²) >= 11 is 1.71. The number of benzene rings is 1. The van der Waals surface area contributed by atoms with E-state index in [1.165, 1.54) is 30.4 Å². The van der Waals surface area contributed by atoms with Crippen LogP contribution in [0.25, 0.3) is 22.2 Å². The molecule has 1 N–H and O–H groups in total. The van der Waals surface area contributed by atoms with E-state index in [0.717, 1.165) is 58.9 Å². The Labute approximate surface area is 179 Å². The van der Waals surface area contributed by atoms with Crippen LogP contribution in [0.1, 0.15) is 24.8 Å². The van der Waals surface area contributed by atoms with Crippen molar-refractivity contribution in [1.29, 1.82) is 0 Å². The van der Waals surface area contributed by atoms with Gasteiger partial charge < -0.3 is 14.8 Å². The molecule has 4 nitrogen and oxygen atoms in total. The maximum Gasteiger partial charge on any atom is 0.231 e. The fraction of sp³-hybridized carbons (Fsp3) is 0.400. The number of thiophene rings is 1. The molecule has 1 aliphatic heterocycles. The lowest BCUT2D eigenvalue weighted by Gasteiger charge is -2.21. The van der Waals surface area contributed by atoms with Gasteiger partial charge in [0.05, 0.1) is 11.2 Å². The molecular weight excluding hydrogens is 392 g/mol. The molecule has 3 heterocycles. The van der Waals surface area contributed by atoms with E-state index in [0.29, 0.717) is 5.41 Å². The first-order valence-corrected chi connectivity index (χ1v) is 11.9. The number of hydrogen-bond donors (Lipinski definition) is 1. The van der Waals surface area contributed by atoms with Gasteiger partial charge in [0.1, 0.15) is 0 Å². The fourth-order valence-electron chi connectivity index (χ4n) is 6.14. The van der Waals surface area contributed by atoms with Crippen molar-refractivity contribution in [2.24, 2.45) is 23.2 Å². The van der Waals surface area contributed by atoms with Crippen LogP contribution in [0.5, 0.6) is 11.5 Å². The minimum Gasteiger partial charge on any atom is -0.454 e. The van der Waals surface area contributed by atoms with E-state index < -0.39 is 0 Å². The highest BCUT2D eigenvalue weighted by Crippen LogP contribution is 2.69. The summed E-state index contributed by atoms with van der Waals surface area (Å²) in [6, 6.07) is 8.49. The SMILES string of the molecule is C1=C[C@H]2[C@@H](CNCc3cc4cc5c(cc4nc3-c3ccsc3)OCO5)C[C@@H]1C21CC1. The standard InChI is InChI=1S/C25H24N2O2S/c1-2-20-17(8-19(1)25(20)4-5-25)11-26-12-18-7-16-9-22-23(29-14-28-22)10-21(16)27-24(18)15-3-6-30-13-15/h1-3,6-7,9-10,13,17,19-20,26H,4-5,8,11-12,14H2/t17-,19-,20+/m1/s1. The van der Waals surface area contributed by atoms with E-state index in [4.69, 9.17) is 14.5 Å². The van der Waals surface area contributed by atoms with E-state index in [-0.39, 0.29) is 6.79 Å². The predicted octanol–water partition coefficient (Wildman–Crippen LogP) is 5.38. The molecule has 2 fully saturated rings. The van der Waals surface area contributed by atoms with Crippen molar-refractivity contribution in [2.75, 3.05) is 13.3 Å². The van der Waals surface area contributed by atoms with Crippen molar-refractivity contribution < 1.29 is 9.47 Å². The molecule has 1 spiro atoms. The van der Waals surface area contributed by atoms with Gasteiger partial charge in [-0.1, -0.05) is 12.2 Å². The molecule has 1 aromatic carbocycles. The second kappa shape index (κ2) is 6.32. The third-order valence-corrected chi connectivity index (χ3v) is 8.43. The van der Waals surface area contributed by atoms with Crippen LogP contribution in [0.4, 0.5) is 0 Å². The number of ether oxygens (including phenoxy) is 2. The highest BCUT2D eigenvalue weighted by molar-refractivity contribution is 7.08. The molecule has 152 valence electrons. The average molecular weight is 417 g/mol. The summed E-state index contributed by atoms with van der Waals surface area (Å²) in [5.74, 6) is 4.04. The molecule has 3 aliphatic carbocycles. The Morgan fingerprint density at radius 3 is 2.83 bits per heavy atom. The predicted molar refractivity (Wildman–Crippen MR) is 119 cm³/mol. The highest BCUT2D eigenvalue weighted by atomic mass is 32.1. The smallest absolute Gasteiger partial charge is 0.231 e. The summed E-state index contributed by atoms with van der Waals surface area (Å²) < 4.78 is 11.1. The van der Waals surface area contributed by atoms with Crippen LogP contribution in [0.2, 0.25) is 0 Å². The first-order chi connectivity index (χ1) is 14.8. The molecule has 2 aromatic heterocycles. The second-order valence-corrected chi connectivity index (χ2v) is 10.1. The summed E-state index contributed by atoms with van der Waals surface area (Å²) in [6.07, 6.45) is 9.27. The van der Waals surface area contributed by atoms with Crippen LogP contribution in [0.3, 0.4) is 0 Å². The minimum absolute atomic E-state index is 0.289. The van der Waals surface area contributed by atoms with Crippen LogP contribution in [0.15, 0.2) is 47.2 Å². The molecule has 7 rings (SSSR count). The molecular formula is C25H24N2O2S. The summed E-state index contributed by atoms with van der Waals surface area (Å²) in [7, 11) is 0. The first kappa shape index (κ1) is 17.3. The zero-order valence-electron chi connectivity index (χ0n) is 16.8. The molecule has 0 amide bonds. The Kier molecular flexibility index (Phi) is 3.65. The number of pyridine rings is 1. The van der Waals surface area contributed by atoms with E-state index in [1.807, 2.05) is 6.07 Å². The van der Waals surface area contributed by atoms with Crippen LogP contribution in [-0.2, 0) is 6.54 Å². The molecule has 0 saturated heterocycles. The summed E-state index contributed by atoms with van der Waals surface area (Å²) in [4.78, 5) is 5.04. The lowest BCUT2D eigenvalue weighted by molar-refractivity contribution is 0.174. The molecule has 0 radical (unpaired) electrons. The van der Waals surface area contributed by atoms with Crippen LogP contribution in [-0.4, -0.2) is 18.3 Å². The molecule has 4 aliphatic rings. The van der Waals surface area contributed by atoms with Gasteiger partial charge >= 0.3 is 0 Å². The number of fused-ring (bicyclic) bond motifs is 2. The largest absolute Gasteiger partial charge is 0.454 e. The van der Waals surface area contributed by atoms with Gasteiger partial charge in [0.15, 0.2) is 11.5 Å². The Morgan fingerprint density at radius 1 is 1.13 bits per heavy atom. The number of rotatable bonds is 5. The normalized spacial score (nSPS) is 26.9. The van der Waals surface area contributed by atoms with E-state index in [2.05, 4.69) is 46.4 Å². The van der Waals surface area contributed by atoms with Gasteiger partial charge in [-0.05, 0) is 78.1 Å². The van der Waals surface area contributed by atoms with E-state index in [1.54, 1.807) is 11.3 Å². The van der Waals surface area contributed by atoms with Gasteiger partial charge in [0.2, 0.25) is 6.79 Å². The second-order valence-electron chi connectivity index (χ2n) is 9.28. The third kappa shape index (κ3) is 2.51. The average Bonchev–Trinajstić information content (AvgIpc) is 3.10. The minimum atomic E-state index is 0.289. The highest BCUT2D eigenvalue weighted by Gasteiger charge is 2.62. The molecule has 30 heavy (non-hydrogen) atoms. The van der Waals surface area contributed by atoms with Gasteiger partial charge in [-0.25, -0.2) is 4.98 Å².